The largest absolute Gasteiger partial charge is 0.397 e. The van der Waals surface area contributed by atoms with Crippen LogP contribution >= 0.6 is 34.5 Å². The van der Waals surface area contributed by atoms with Crippen molar-refractivity contribution in [1.29, 1.82) is 0 Å². The van der Waals surface area contributed by atoms with Crippen LogP contribution in [0.3, 0.4) is 0 Å². The lowest BCUT2D eigenvalue weighted by atomic mass is 9.76. The van der Waals surface area contributed by atoms with Crippen LogP contribution in [0.1, 0.15) is 39.2 Å². The number of aliphatic imine (C=N–C) groups is 1. The Morgan fingerprint density at radius 1 is 0.944 bits per heavy atom. The molecule has 1 aromatic heterocycles. The Bertz CT molecular complexity index is 1500. The summed E-state index contributed by atoms with van der Waals surface area (Å²) in [6.45, 7) is 1.82. The van der Waals surface area contributed by atoms with Crippen molar-refractivity contribution in [3.05, 3.63) is 110 Å². The zero-order chi connectivity index (χ0) is 25.4. The third kappa shape index (κ3) is 4.44. The first-order valence-corrected chi connectivity index (χ1v) is 12.8. The van der Waals surface area contributed by atoms with Gasteiger partial charge >= 0.3 is 0 Å². The Kier molecular flexibility index (Phi) is 6.67. The molecule has 4 aromatic rings. The number of nitrogens with zero attached hydrogens (tertiary/aromatic N) is 1. The summed E-state index contributed by atoms with van der Waals surface area (Å²) >= 11 is 13.9. The number of amides is 1. The second-order valence-corrected chi connectivity index (χ2v) is 10.3. The quantitative estimate of drug-likeness (QED) is 0.263. The third-order valence-corrected chi connectivity index (χ3v) is 7.92. The fourth-order valence-electron chi connectivity index (χ4n) is 4.51. The molecule has 0 saturated heterocycles. The van der Waals surface area contributed by atoms with Gasteiger partial charge in [-0.05, 0) is 55.0 Å². The highest BCUT2D eigenvalue weighted by atomic mass is 35.5. The van der Waals surface area contributed by atoms with Gasteiger partial charge in [0.2, 0.25) is 11.7 Å². The van der Waals surface area contributed by atoms with E-state index in [0.29, 0.717) is 48.1 Å². The number of fused-ring (bicyclic) bond motifs is 1. The average Bonchev–Trinajstić information content (AvgIpc) is 3.19. The van der Waals surface area contributed by atoms with Crippen LogP contribution in [0, 0.1) is 5.92 Å². The van der Waals surface area contributed by atoms with E-state index in [1.54, 1.807) is 30.3 Å². The summed E-state index contributed by atoms with van der Waals surface area (Å²) in [4.78, 5) is 32.1. The number of nitrogens with one attached hydrogen (secondary N) is 1. The molecule has 0 aliphatic carbocycles. The molecule has 5 rings (SSSR count). The normalized spacial score (nSPS) is 16.7. The topological polar surface area (TPSA) is 84.6 Å². The molecule has 1 aliphatic rings. The molecule has 1 aliphatic heterocycles. The van der Waals surface area contributed by atoms with Gasteiger partial charge in [-0.2, -0.15) is 0 Å². The van der Waals surface area contributed by atoms with Gasteiger partial charge in [0.25, 0.3) is 0 Å². The van der Waals surface area contributed by atoms with Gasteiger partial charge in [0, 0.05) is 38.5 Å². The minimum Gasteiger partial charge on any atom is -0.397 e. The van der Waals surface area contributed by atoms with Gasteiger partial charge in [-0.1, -0.05) is 59.6 Å². The van der Waals surface area contributed by atoms with Crippen LogP contribution < -0.4 is 11.1 Å². The highest BCUT2D eigenvalue weighted by Crippen LogP contribution is 2.52. The Morgan fingerprint density at radius 3 is 2.31 bits per heavy atom. The second-order valence-electron chi connectivity index (χ2n) is 8.49. The van der Waals surface area contributed by atoms with E-state index in [0.717, 1.165) is 5.56 Å². The number of halogens is 2. The molecule has 8 heteroatoms. The van der Waals surface area contributed by atoms with Crippen molar-refractivity contribution in [2.24, 2.45) is 10.9 Å². The SMILES string of the molecule is CC1=Nc2sc(C(=O)c3ccc(Cl)cc3)c(N)c2C(c2ccccc2Cl)C1C(=O)Nc1ccccc1. The molecule has 5 nitrogen and oxygen atoms in total. The minimum atomic E-state index is -0.673. The first kappa shape index (κ1) is 24.3. The van der Waals surface area contributed by atoms with Crippen LogP contribution in [-0.2, 0) is 4.79 Å². The van der Waals surface area contributed by atoms with Crippen molar-refractivity contribution in [1.82, 2.24) is 0 Å². The maximum absolute atomic E-state index is 13.6. The molecule has 2 atom stereocenters. The number of hydrogen-bond acceptors (Lipinski definition) is 5. The number of nitrogens with two attached hydrogens (primary N) is 1. The van der Waals surface area contributed by atoms with E-state index in [-0.39, 0.29) is 11.7 Å². The number of thiophene rings is 1. The van der Waals surface area contributed by atoms with Crippen LogP contribution in [0.4, 0.5) is 16.4 Å². The molecule has 36 heavy (non-hydrogen) atoms. The molecule has 0 fully saturated rings. The van der Waals surface area contributed by atoms with Crippen molar-refractivity contribution < 1.29 is 9.59 Å². The second kappa shape index (κ2) is 9.90. The van der Waals surface area contributed by atoms with E-state index >= 15 is 0 Å². The van der Waals surface area contributed by atoms with Crippen molar-refractivity contribution >= 4 is 68.3 Å². The van der Waals surface area contributed by atoms with Gasteiger partial charge in [0.15, 0.2) is 0 Å². The van der Waals surface area contributed by atoms with Gasteiger partial charge in [-0.25, -0.2) is 4.99 Å². The first-order chi connectivity index (χ1) is 17.3. The maximum Gasteiger partial charge on any atom is 0.234 e. The van der Waals surface area contributed by atoms with E-state index in [1.165, 1.54) is 11.3 Å². The van der Waals surface area contributed by atoms with Crippen molar-refractivity contribution in [3.63, 3.8) is 0 Å². The summed E-state index contributed by atoms with van der Waals surface area (Å²) in [5.74, 6) is -1.64. The lowest BCUT2D eigenvalue weighted by molar-refractivity contribution is -0.118. The van der Waals surface area contributed by atoms with E-state index in [4.69, 9.17) is 33.9 Å². The molecule has 180 valence electrons. The zero-order valence-electron chi connectivity index (χ0n) is 19.2. The summed E-state index contributed by atoms with van der Waals surface area (Å²) in [6.07, 6.45) is 0. The molecule has 2 heterocycles. The van der Waals surface area contributed by atoms with Gasteiger partial charge in [0.05, 0.1) is 11.6 Å². The zero-order valence-corrected chi connectivity index (χ0v) is 21.5. The molecule has 0 saturated carbocycles. The Hall–Kier alpha value is -3.45. The molecule has 0 spiro atoms. The molecular weight excluding hydrogens is 513 g/mol. The predicted molar refractivity (Wildman–Crippen MR) is 148 cm³/mol. The smallest absolute Gasteiger partial charge is 0.234 e. The predicted octanol–water partition coefficient (Wildman–Crippen LogP) is 7.36. The molecule has 0 bridgehead atoms. The van der Waals surface area contributed by atoms with Crippen molar-refractivity contribution in [3.8, 4) is 0 Å². The number of rotatable bonds is 5. The molecular formula is C28H21Cl2N3O2S. The number of nitrogen functional groups attached to an aromatic ring is 1. The fourth-order valence-corrected chi connectivity index (χ4v) is 6.05. The molecule has 0 radical (unpaired) electrons. The van der Waals surface area contributed by atoms with Crippen LogP contribution in [0.15, 0.2) is 83.9 Å². The van der Waals surface area contributed by atoms with Crippen LogP contribution in [-0.4, -0.2) is 17.4 Å². The summed E-state index contributed by atoms with van der Waals surface area (Å²) in [6, 6.07) is 23.3. The molecule has 3 aromatic carbocycles. The summed E-state index contributed by atoms with van der Waals surface area (Å²) in [7, 11) is 0. The monoisotopic (exact) mass is 533 g/mol. The maximum atomic E-state index is 13.6. The first-order valence-electron chi connectivity index (χ1n) is 11.2. The highest BCUT2D eigenvalue weighted by molar-refractivity contribution is 7.18. The Morgan fingerprint density at radius 2 is 1.61 bits per heavy atom. The molecule has 2 unspecified atom stereocenters. The Labute approximate surface area is 222 Å². The lowest BCUT2D eigenvalue weighted by Gasteiger charge is -2.31. The third-order valence-electron chi connectivity index (χ3n) is 6.21. The highest BCUT2D eigenvalue weighted by Gasteiger charge is 2.42. The standard InChI is InChI=1S/C28H21Cl2N3O2S/c1-15-21(27(35)33-18-7-3-2-4-8-18)22(19-9-5-6-10-20(19)30)23-24(31)26(36-28(23)32-15)25(34)16-11-13-17(29)14-12-16/h2-14,21-22H,31H2,1H3,(H,33,35). The summed E-state index contributed by atoms with van der Waals surface area (Å²) in [5.41, 5.74) is 10.1. The van der Waals surface area contributed by atoms with Gasteiger partial charge in [-0.15, -0.1) is 11.3 Å². The lowest BCUT2D eigenvalue weighted by Crippen LogP contribution is -2.36. The van der Waals surface area contributed by atoms with Gasteiger partial charge < -0.3 is 11.1 Å². The number of anilines is 2. The fraction of sp³-hybridized carbons (Fsp3) is 0.107. The van der Waals surface area contributed by atoms with Gasteiger partial charge in [-0.3, -0.25) is 9.59 Å². The van der Waals surface area contributed by atoms with E-state index in [1.807, 2.05) is 55.5 Å². The number of hydrogen-bond donors (Lipinski definition) is 2. The molecule has 3 N–H and O–H groups in total. The van der Waals surface area contributed by atoms with Crippen LogP contribution in [0.2, 0.25) is 10.0 Å². The number of carbonyl (C=O) groups excluding carboxylic acids is 2. The van der Waals surface area contributed by atoms with Crippen LogP contribution in [0.25, 0.3) is 0 Å². The summed E-state index contributed by atoms with van der Waals surface area (Å²) < 4.78 is 0. The number of ketones is 1. The van der Waals surface area contributed by atoms with E-state index in [9.17, 15) is 9.59 Å². The van der Waals surface area contributed by atoms with Crippen LogP contribution in [0.5, 0.6) is 0 Å². The number of benzene rings is 3. The van der Waals surface area contributed by atoms with E-state index in [2.05, 4.69) is 5.32 Å². The summed E-state index contributed by atoms with van der Waals surface area (Å²) in [5, 5.41) is 4.65. The van der Waals surface area contributed by atoms with E-state index < -0.39 is 11.8 Å². The number of carbonyl (C=O) groups is 2. The number of para-hydroxylation sites is 1. The van der Waals surface area contributed by atoms with Gasteiger partial charge in [0.1, 0.15) is 9.88 Å². The molecule has 1 amide bonds. The average molecular weight is 534 g/mol. The Balaban J connectivity index is 1.63. The van der Waals surface area contributed by atoms with Crippen molar-refractivity contribution in [2.75, 3.05) is 11.1 Å². The minimum absolute atomic E-state index is 0.223. The van der Waals surface area contributed by atoms with Crippen molar-refractivity contribution in [2.45, 2.75) is 12.8 Å².